The minimum Gasteiger partial charge on any atom is -0.381 e. The Hall–Kier alpha value is -1.10. The van der Waals surface area contributed by atoms with Gasteiger partial charge in [-0.3, -0.25) is 4.79 Å². The molecular formula is C12H20N2O3. The summed E-state index contributed by atoms with van der Waals surface area (Å²) in [7, 11) is 0. The number of carbonyl (C=O) groups is 2. The number of nitrogens with one attached hydrogen (secondary N) is 1. The summed E-state index contributed by atoms with van der Waals surface area (Å²) in [4.78, 5) is 24.4. The topological polar surface area (TPSA) is 58.6 Å². The number of ketones is 1. The molecule has 1 N–H and O–H groups in total. The van der Waals surface area contributed by atoms with Crippen LogP contribution in [0.2, 0.25) is 0 Å². The number of nitrogens with zero attached hydrogens (tertiary/aromatic N) is 1. The van der Waals surface area contributed by atoms with Crippen molar-refractivity contribution in [2.75, 3.05) is 26.3 Å². The van der Waals surface area contributed by atoms with Crippen LogP contribution >= 0.6 is 0 Å². The van der Waals surface area contributed by atoms with Crippen molar-refractivity contribution >= 4 is 11.8 Å². The van der Waals surface area contributed by atoms with E-state index in [0.29, 0.717) is 18.9 Å². The van der Waals surface area contributed by atoms with Gasteiger partial charge in [-0.1, -0.05) is 0 Å². The summed E-state index contributed by atoms with van der Waals surface area (Å²) in [5.41, 5.74) is 0. The van der Waals surface area contributed by atoms with E-state index in [9.17, 15) is 9.59 Å². The minimum absolute atomic E-state index is 0.0252. The summed E-state index contributed by atoms with van der Waals surface area (Å²) in [5.74, 6) is 0.655. The molecule has 0 spiro atoms. The van der Waals surface area contributed by atoms with Crippen molar-refractivity contribution in [3.8, 4) is 0 Å². The number of ether oxygens (including phenoxy) is 1. The van der Waals surface area contributed by atoms with E-state index in [1.54, 1.807) is 11.8 Å². The van der Waals surface area contributed by atoms with Gasteiger partial charge < -0.3 is 15.0 Å². The first kappa shape index (κ1) is 12.4. The molecule has 2 rings (SSSR count). The molecule has 0 aliphatic carbocycles. The van der Waals surface area contributed by atoms with Crippen LogP contribution < -0.4 is 5.32 Å². The van der Waals surface area contributed by atoms with E-state index < -0.39 is 0 Å². The average molecular weight is 240 g/mol. The van der Waals surface area contributed by atoms with Gasteiger partial charge in [-0.05, 0) is 25.7 Å². The second-order valence-electron chi connectivity index (χ2n) is 4.90. The molecule has 2 aliphatic rings. The molecule has 2 saturated heterocycles. The van der Waals surface area contributed by atoms with Crippen molar-refractivity contribution in [3.63, 3.8) is 0 Å². The van der Waals surface area contributed by atoms with Crippen LogP contribution in [0.4, 0.5) is 4.79 Å². The molecule has 2 heterocycles. The Labute approximate surface area is 101 Å². The zero-order chi connectivity index (χ0) is 12.3. The van der Waals surface area contributed by atoms with Gasteiger partial charge >= 0.3 is 6.03 Å². The van der Waals surface area contributed by atoms with Gasteiger partial charge in [-0.15, -0.1) is 0 Å². The van der Waals surface area contributed by atoms with E-state index in [1.807, 2.05) is 0 Å². The molecule has 0 aromatic heterocycles. The fourth-order valence-electron chi connectivity index (χ4n) is 2.49. The minimum atomic E-state index is -0.0252. The maximum Gasteiger partial charge on any atom is 0.317 e. The Balaban J connectivity index is 1.83. The van der Waals surface area contributed by atoms with E-state index >= 15 is 0 Å². The first-order valence-corrected chi connectivity index (χ1v) is 6.29. The van der Waals surface area contributed by atoms with Crippen molar-refractivity contribution < 1.29 is 14.3 Å². The number of urea groups is 1. The number of carbonyl (C=O) groups excluding carboxylic acids is 2. The molecule has 96 valence electrons. The summed E-state index contributed by atoms with van der Waals surface area (Å²) in [6.07, 6.45) is 2.49. The third-order valence-electron chi connectivity index (χ3n) is 3.58. The lowest BCUT2D eigenvalue weighted by molar-refractivity contribution is -0.117. The summed E-state index contributed by atoms with van der Waals surface area (Å²) >= 11 is 0. The lowest BCUT2D eigenvalue weighted by Gasteiger charge is -2.26. The summed E-state index contributed by atoms with van der Waals surface area (Å²) in [6.45, 7) is 4.43. The van der Waals surface area contributed by atoms with E-state index in [0.717, 1.165) is 32.6 Å². The first-order valence-electron chi connectivity index (χ1n) is 6.29. The molecule has 2 amide bonds. The van der Waals surface area contributed by atoms with Crippen LogP contribution in [0.1, 0.15) is 26.2 Å². The van der Waals surface area contributed by atoms with E-state index in [4.69, 9.17) is 4.74 Å². The molecule has 1 atom stereocenters. The fourth-order valence-corrected chi connectivity index (χ4v) is 2.49. The average Bonchev–Trinajstić information content (AvgIpc) is 2.69. The molecule has 1 unspecified atom stereocenters. The lowest BCUT2D eigenvalue weighted by atomic mass is 9.92. The van der Waals surface area contributed by atoms with E-state index in [-0.39, 0.29) is 17.9 Å². The lowest BCUT2D eigenvalue weighted by Crippen LogP contribution is -2.37. The van der Waals surface area contributed by atoms with Gasteiger partial charge in [0.2, 0.25) is 0 Å². The molecule has 0 aromatic carbocycles. The largest absolute Gasteiger partial charge is 0.381 e. The predicted molar refractivity (Wildman–Crippen MR) is 62.7 cm³/mol. The quantitative estimate of drug-likeness (QED) is 0.790. The summed E-state index contributed by atoms with van der Waals surface area (Å²) < 4.78 is 5.32. The molecule has 17 heavy (non-hydrogen) atoms. The second kappa shape index (κ2) is 5.49. The Morgan fingerprint density at radius 1 is 1.47 bits per heavy atom. The summed E-state index contributed by atoms with van der Waals surface area (Å²) in [5, 5.41) is 3.02. The third-order valence-corrected chi connectivity index (χ3v) is 3.58. The van der Waals surface area contributed by atoms with Crippen LogP contribution in [0.15, 0.2) is 0 Å². The van der Waals surface area contributed by atoms with Crippen molar-refractivity contribution in [1.82, 2.24) is 10.2 Å². The highest BCUT2D eigenvalue weighted by Gasteiger charge is 2.34. The van der Waals surface area contributed by atoms with E-state index in [1.165, 1.54) is 0 Å². The van der Waals surface area contributed by atoms with Crippen molar-refractivity contribution in [2.24, 2.45) is 5.92 Å². The summed E-state index contributed by atoms with van der Waals surface area (Å²) in [6, 6.07) is 0.209. The number of Topliss-reactive ketones (excluding diaryl/α,β-unsaturated/α-hetero) is 1. The standard InChI is InChI=1S/C12H20N2O3/c1-9(15)2-5-14-8-11(13-12(14)16)10-3-6-17-7-4-10/h10-11H,2-8H2,1H3,(H,13,16). The molecule has 2 aliphatic heterocycles. The van der Waals surface area contributed by atoms with Gasteiger partial charge in [0.15, 0.2) is 0 Å². The highest BCUT2D eigenvalue weighted by atomic mass is 16.5. The SMILES string of the molecule is CC(=O)CCN1CC(C2CCOCC2)NC1=O. The molecule has 0 saturated carbocycles. The molecule has 0 radical (unpaired) electrons. The Kier molecular flexibility index (Phi) is 3.99. The Morgan fingerprint density at radius 3 is 2.82 bits per heavy atom. The van der Waals surface area contributed by atoms with Crippen LogP contribution in [0.5, 0.6) is 0 Å². The number of hydrogen-bond acceptors (Lipinski definition) is 3. The van der Waals surface area contributed by atoms with Crippen molar-refractivity contribution in [1.29, 1.82) is 0 Å². The fraction of sp³-hybridized carbons (Fsp3) is 0.833. The van der Waals surface area contributed by atoms with E-state index in [2.05, 4.69) is 5.32 Å². The zero-order valence-corrected chi connectivity index (χ0v) is 10.3. The molecular weight excluding hydrogens is 220 g/mol. The first-order chi connectivity index (χ1) is 8.16. The number of hydrogen-bond donors (Lipinski definition) is 1. The van der Waals surface area contributed by atoms with Gasteiger partial charge in [0.1, 0.15) is 5.78 Å². The van der Waals surface area contributed by atoms with Gasteiger partial charge in [0.05, 0.1) is 6.04 Å². The highest BCUT2D eigenvalue weighted by Crippen LogP contribution is 2.22. The van der Waals surface area contributed by atoms with Crippen molar-refractivity contribution in [2.45, 2.75) is 32.2 Å². The monoisotopic (exact) mass is 240 g/mol. The predicted octanol–water partition coefficient (Wildman–Crippen LogP) is 0.786. The maximum atomic E-state index is 11.7. The number of rotatable bonds is 4. The van der Waals surface area contributed by atoms with Crippen LogP contribution in [-0.2, 0) is 9.53 Å². The van der Waals surface area contributed by atoms with Gasteiger partial charge in [-0.25, -0.2) is 4.79 Å². The smallest absolute Gasteiger partial charge is 0.317 e. The van der Waals surface area contributed by atoms with Crippen LogP contribution in [0.25, 0.3) is 0 Å². The Morgan fingerprint density at radius 2 is 2.18 bits per heavy atom. The Bertz CT molecular complexity index is 300. The molecule has 2 fully saturated rings. The maximum absolute atomic E-state index is 11.7. The normalized spacial score (nSPS) is 26.1. The van der Waals surface area contributed by atoms with Gasteiger partial charge in [-0.2, -0.15) is 0 Å². The second-order valence-corrected chi connectivity index (χ2v) is 4.90. The van der Waals surface area contributed by atoms with Crippen LogP contribution in [0.3, 0.4) is 0 Å². The number of amides is 2. The molecule has 5 nitrogen and oxygen atoms in total. The molecule has 0 bridgehead atoms. The van der Waals surface area contributed by atoms with Crippen LogP contribution in [0, 0.1) is 5.92 Å². The third kappa shape index (κ3) is 3.19. The van der Waals surface area contributed by atoms with Gasteiger partial charge in [0.25, 0.3) is 0 Å². The van der Waals surface area contributed by atoms with Gasteiger partial charge in [0, 0.05) is 32.7 Å². The highest BCUT2D eigenvalue weighted by molar-refractivity contribution is 5.79. The molecule has 0 aromatic rings. The molecule has 5 heteroatoms. The zero-order valence-electron chi connectivity index (χ0n) is 10.3. The van der Waals surface area contributed by atoms with Crippen molar-refractivity contribution in [3.05, 3.63) is 0 Å². The van der Waals surface area contributed by atoms with Crippen LogP contribution in [-0.4, -0.2) is 49.1 Å².